The van der Waals surface area contributed by atoms with E-state index >= 15 is 0 Å². The fourth-order valence-electron chi connectivity index (χ4n) is 16.4. The average Bonchev–Trinajstić information content (AvgIpc) is 0.777. The highest BCUT2D eigenvalue weighted by molar-refractivity contribution is 6.01. The topological polar surface area (TPSA) is 87.7 Å². The Morgan fingerprint density at radius 3 is 0.730 bits per heavy atom. The van der Waals surface area contributed by atoms with Gasteiger partial charge in [0.1, 0.15) is 0 Å². The number of benzene rings is 16. The van der Waals surface area contributed by atoms with Crippen LogP contribution in [0.5, 0.6) is 0 Å². The van der Waals surface area contributed by atoms with Gasteiger partial charge in [0, 0.05) is 61.7 Å². The predicted molar refractivity (Wildman–Crippen MR) is 613 cm³/mol. The van der Waals surface area contributed by atoms with Crippen LogP contribution in [-0.2, 0) is 32.1 Å². The van der Waals surface area contributed by atoms with E-state index in [0.717, 1.165) is 167 Å². The van der Waals surface area contributed by atoms with Gasteiger partial charge in [-0.15, -0.1) is 0 Å². The summed E-state index contributed by atoms with van der Waals surface area (Å²) in [6.45, 7) is 44.7. The minimum atomic E-state index is 0.987. The first-order chi connectivity index (χ1) is 68.8. The largest absolute Gasteiger partial charge is 0.372 e. The summed E-state index contributed by atoms with van der Waals surface area (Å²) in [6, 6.07) is 136. The molecule has 0 atom stereocenters. The molecule has 0 aliphatic rings. The van der Waals surface area contributed by atoms with E-state index < -0.39 is 0 Å². The lowest BCUT2D eigenvalue weighted by Crippen LogP contribution is -2.21. The fraction of sp³-hybridized carbons (Fsp3) is 0.227. The van der Waals surface area contributed by atoms with Gasteiger partial charge in [-0.3, -0.25) is 0 Å². The lowest BCUT2D eigenvalue weighted by molar-refractivity contribution is 0.866. The standard InChI is InChI=1S/C30H33N3.C27H33N3.C26H31N3.C23H24N2.C22H22N2/c1-5-25-16-21-30(29-11-9-8-10-28(25)29)33(27-17-12-23(4)13-18-27)31-22-24-14-19-26(20-15-24)32(6-2)7-3;1-6-23-11-17-27(18-12-23)30(26-15-9-21(4)10-16-26)28-22(5)24-13-19-25(20-14-24)29(7-2)8-3;1-5-22-10-18-26(19-11-22)29(25-14-8-21(4)9-15-25)27-20-23-12-16-24(17-13-23)28(6-2)7-3;1-4-20-12-16-23(17-13-20)25(22-14-10-18(2)11-15-22)24-19(3)21-8-6-5-7-9-21;1-3-19-11-15-22(16-12-19)24(21-13-9-18(2)10-14-21)23-17-20-7-5-4-6-8-20/h8-22H,5-7H2,1-4H3;9-20H,6-8H2,1-5H3;8-20H,5-7H2,1-4H3;5-17H,4H2,1-3H3;4-17H,3H2,1-2H3/b31-22-;28-22-;27-20-;24-19-;23-17-. The molecule has 13 heteroatoms. The number of rotatable bonds is 34. The maximum atomic E-state index is 5.02. The highest BCUT2D eigenvalue weighted by Crippen LogP contribution is 2.38. The minimum absolute atomic E-state index is 0.987. The van der Waals surface area contributed by atoms with Crippen molar-refractivity contribution in [3.8, 4) is 0 Å². The molecule has 0 radical (unpaired) electrons. The van der Waals surface area contributed by atoms with E-state index in [2.05, 4.69) is 496 Å². The van der Waals surface area contributed by atoms with E-state index in [4.69, 9.17) is 25.5 Å². The minimum Gasteiger partial charge on any atom is -0.372 e. The number of hydrazone groups is 5. The normalized spacial score (nSPS) is 11.2. The van der Waals surface area contributed by atoms with Crippen molar-refractivity contribution in [1.82, 2.24) is 0 Å². The maximum absolute atomic E-state index is 5.02. The third-order valence-electron chi connectivity index (χ3n) is 25.3. The molecule has 0 saturated heterocycles. The van der Waals surface area contributed by atoms with E-state index in [9.17, 15) is 0 Å². The van der Waals surface area contributed by atoms with Crippen molar-refractivity contribution < 1.29 is 0 Å². The summed E-state index contributed by atoms with van der Waals surface area (Å²) in [4.78, 5) is 7.04. The zero-order valence-corrected chi connectivity index (χ0v) is 86.3. The Hall–Kier alpha value is -15.5. The monoisotopic (exact) mass is 1860 g/mol. The van der Waals surface area contributed by atoms with Gasteiger partial charge in [0.25, 0.3) is 0 Å². The van der Waals surface area contributed by atoms with Crippen molar-refractivity contribution in [3.63, 3.8) is 0 Å². The van der Waals surface area contributed by atoms with Crippen LogP contribution >= 0.6 is 0 Å². The van der Waals surface area contributed by atoms with Crippen molar-refractivity contribution in [3.05, 3.63) is 472 Å². The molecule has 0 aliphatic carbocycles. The third-order valence-corrected chi connectivity index (χ3v) is 25.3. The Kier molecular flexibility index (Phi) is 40.0. The maximum Gasteiger partial charge on any atom is 0.0731 e. The van der Waals surface area contributed by atoms with Crippen molar-refractivity contribution in [2.45, 2.75) is 157 Å². The molecule has 16 aromatic rings. The van der Waals surface area contributed by atoms with Gasteiger partial charge in [-0.05, 0) is 335 Å². The second-order valence-electron chi connectivity index (χ2n) is 35.1. The smallest absolute Gasteiger partial charge is 0.0731 e. The Balaban J connectivity index is 0.000000158. The van der Waals surface area contributed by atoms with Gasteiger partial charge in [0.2, 0.25) is 0 Å². The van der Waals surface area contributed by atoms with Crippen LogP contribution in [0.4, 0.5) is 73.9 Å². The summed E-state index contributed by atoms with van der Waals surface area (Å²) >= 11 is 0. The highest BCUT2D eigenvalue weighted by atomic mass is 15.5. The van der Waals surface area contributed by atoms with Gasteiger partial charge < -0.3 is 14.7 Å². The second-order valence-corrected chi connectivity index (χ2v) is 35.1. The van der Waals surface area contributed by atoms with Gasteiger partial charge >= 0.3 is 0 Å². The van der Waals surface area contributed by atoms with Crippen LogP contribution < -0.4 is 39.7 Å². The molecule has 0 amide bonds. The molecule has 16 rings (SSSR count). The first-order valence-electron chi connectivity index (χ1n) is 50.4. The summed E-state index contributed by atoms with van der Waals surface area (Å²) in [5, 5.41) is 37.1. The third kappa shape index (κ3) is 30.0. The van der Waals surface area contributed by atoms with Crippen molar-refractivity contribution >= 4 is 115 Å². The first kappa shape index (κ1) is 104. The number of hydrogen-bond acceptors (Lipinski definition) is 13. The summed E-state index contributed by atoms with van der Waals surface area (Å²) in [6.07, 6.45) is 10.9. The van der Waals surface area contributed by atoms with Crippen LogP contribution in [0.15, 0.2) is 414 Å². The van der Waals surface area contributed by atoms with Crippen molar-refractivity contribution in [2.24, 2.45) is 25.5 Å². The average molecular weight is 1860 g/mol. The summed E-state index contributed by atoms with van der Waals surface area (Å²) in [5.74, 6) is 0. The number of fused-ring (bicyclic) bond motifs is 1. The lowest BCUT2D eigenvalue weighted by atomic mass is 10.0. The van der Waals surface area contributed by atoms with Gasteiger partial charge in [-0.2, -0.15) is 25.5 Å². The molecule has 0 N–H and O–H groups in total. The molecule has 13 nitrogen and oxygen atoms in total. The van der Waals surface area contributed by atoms with Crippen LogP contribution in [0.2, 0.25) is 0 Å². The van der Waals surface area contributed by atoms with Crippen LogP contribution in [0.1, 0.15) is 173 Å². The summed E-state index contributed by atoms with van der Waals surface area (Å²) in [7, 11) is 0. The molecule has 0 heterocycles. The van der Waals surface area contributed by atoms with Gasteiger partial charge in [-0.25, -0.2) is 25.0 Å². The Morgan fingerprint density at radius 2 is 0.440 bits per heavy atom. The Labute approximate surface area is 842 Å². The quantitative estimate of drug-likeness (QED) is 0.0291. The zero-order valence-electron chi connectivity index (χ0n) is 86.3. The SMILES string of the molecule is CCc1ccc(N(/N=C(/C)c2ccc(N(CC)CC)cc2)c2ccc(C)cc2)cc1.CCc1ccc(N(/N=C(/C)c2ccccc2)c2ccc(C)cc2)cc1.CCc1ccc(N(/N=C\c2ccc(N(CC)CC)cc2)c2ccc(C)cc2)c2ccccc12.CCc1ccc(N(/N=C\c2ccc(N(CC)CC)cc2)c2ccc(C)cc2)cc1.CCc1ccc(N(/N=C\c2ccccc2)c2ccc(C)cc2)cc1. The van der Waals surface area contributed by atoms with Gasteiger partial charge in [0.05, 0.1) is 86.9 Å². The number of nitrogens with zero attached hydrogens (tertiary/aromatic N) is 13. The first-order valence-corrected chi connectivity index (χ1v) is 50.4. The fourth-order valence-corrected chi connectivity index (χ4v) is 16.4. The summed E-state index contributed by atoms with van der Waals surface area (Å²) in [5.41, 5.74) is 34.7. The molecular formula is C128H143N13. The molecule has 141 heavy (non-hydrogen) atoms. The van der Waals surface area contributed by atoms with Crippen LogP contribution in [0.3, 0.4) is 0 Å². The molecule has 0 spiro atoms. The van der Waals surface area contributed by atoms with Gasteiger partial charge in [0.15, 0.2) is 0 Å². The Bertz CT molecular complexity index is 6570. The molecular weight excluding hydrogens is 1720 g/mol. The van der Waals surface area contributed by atoms with E-state index in [1.54, 1.807) is 0 Å². The number of aryl methyl sites for hydroxylation is 10. The van der Waals surface area contributed by atoms with Crippen molar-refractivity contribution in [2.75, 3.05) is 79.0 Å². The molecule has 720 valence electrons. The van der Waals surface area contributed by atoms with Crippen LogP contribution in [0, 0.1) is 34.6 Å². The second kappa shape index (κ2) is 54.0. The lowest BCUT2D eigenvalue weighted by Gasteiger charge is -2.22. The van der Waals surface area contributed by atoms with E-state index in [0.29, 0.717) is 0 Å². The highest BCUT2D eigenvalue weighted by Gasteiger charge is 2.19. The van der Waals surface area contributed by atoms with Crippen molar-refractivity contribution in [1.29, 1.82) is 0 Å². The van der Waals surface area contributed by atoms with E-state index in [1.165, 1.54) is 83.5 Å². The van der Waals surface area contributed by atoms with Crippen LogP contribution in [-0.4, -0.2) is 69.3 Å². The van der Waals surface area contributed by atoms with Gasteiger partial charge in [-0.1, -0.05) is 299 Å². The predicted octanol–water partition coefficient (Wildman–Crippen LogP) is 33.1. The summed E-state index contributed by atoms with van der Waals surface area (Å²) < 4.78 is 0. The van der Waals surface area contributed by atoms with E-state index in [1.807, 2.05) is 75.1 Å². The molecule has 0 fully saturated rings. The van der Waals surface area contributed by atoms with E-state index in [-0.39, 0.29) is 0 Å². The number of hydrogen-bond donors (Lipinski definition) is 0. The molecule has 0 unspecified atom stereocenters. The molecule has 0 bridgehead atoms. The molecule has 0 aromatic heterocycles. The zero-order chi connectivity index (χ0) is 99.8. The Morgan fingerprint density at radius 1 is 0.206 bits per heavy atom. The molecule has 0 aliphatic heterocycles. The molecule has 0 saturated carbocycles. The molecule has 16 aromatic carbocycles. The van der Waals surface area contributed by atoms with Crippen LogP contribution in [0.25, 0.3) is 10.8 Å². The number of anilines is 13.